The number of hydrogen-bond acceptors (Lipinski definition) is 3. The number of hydrogen-bond donors (Lipinski definition) is 2. The molecule has 0 saturated carbocycles. The molecule has 0 aliphatic rings. The van der Waals surface area contributed by atoms with Crippen molar-refractivity contribution < 1.29 is 9.53 Å². The molecule has 25 heavy (non-hydrogen) atoms. The van der Waals surface area contributed by atoms with Gasteiger partial charge in [0.15, 0.2) is 0 Å². The summed E-state index contributed by atoms with van der Waals surface area (Å²) in [5.74, 6) is 0.904. The Balaban J connectivity index is 1.79. The van der Waals surface area contributed by atoms with Crippen LogP contribution in [0.15, 0.2) is 48.5 Å². The second kappa shape index (κ2) is 10.5. The topological polar surface area (TPSA) is 50.4 Å². The smallest absolute Gasteiger partial charge is 0.251 e. The maximum absolute atomic E-state index is 12.0. The average Bonchev–Trinajstić information content (AvgIpc) is 2.63. The summed E-state index contributed by atoms with van der Waals surface area (Å²) in [6.07, 6.45) is 2.09. The van der Waals surface area contributed by atoms with Crippen molar-refractivity contribution in [2.24, 2.45) is 0 Å². The van der Waals surface area contributed by atoms with Crippen LogP contribution in [0.4, 0.5) is 0 Å². The first-order chi connectivity index (χ1) is 12.2. The number of carbonyl (C=O) groups excluding carboxylic acids is 1. The zero-order valence-corrected chi connectivity index (χ0v) is 15.2. The molecule has 2 aromatic rings. The molecule has 0 aromatic heterocycles. The van der Waals surface area contributed by atoms with E-state index in [1.165, 1.54) is 5.56 Å². The highest BCUT2D eigenvalue weighted by atomic mass is 16.5. The van der Waals surface area contributed by atoms with Crippen molar-refractivity contribution >= 4 is 5.91 Å². The lowest BCUT2D eigenvalue weighted by Crippen LogP contribution is -2.24. The second-order valence-electron chi connectivity index (χ2n) is 5.99. The molecule has 1 amide bonds. The van der Waals surface area contributed by atoms with Crippen molar-refractivity contribution in [1.29, 1.82) is 0 Å². The van der Waals surface area contributed by atoms with Crippen LogP contribution in [-0.4, -0.2) is 19.1 Å². The number of amides is 1. The average molecular weight is 340 g/mol. The van der Waals surface area contributed by atoms with Gasteiger partial charge in [-0.25, -0.2) is 0 Å². The van der Waals surface area contributed by atoms with E-state index in [0.29, 0.717) is 12.2 Å². The standard InChI is InChI=1S/C21H28N2O2/c1-3-5-13-23-21(24)19-11-9-17(10-12-19)15-22-16-18-7-6-8-20(14-18)25-4-2/h6-12,14,22H,3-5,13,15-16H2,1-2H3,(H,23,24). The van der Waals surface area contributed by atoms with Gasteiger partial charge >= 0.3 is 0 Å². The molecular weight excluding hydrogens is 312 g/mol. The number of benzene rings is 2. The minimum atomic E-state index is 0.000647. The molecule has 0 atom stereocenters. The molecule has 0 saturated heterocycles. The van der Waals surface area contributed by atoms with E-state index in [-0.39, 0.29) is 5.91 Å². The van der Waals surface area contributed by atoms with Crippen LogP contribution in [0, 0.1) is 0 Å². The molecule has 0 aliphatic carbocycles. The minimum Gasteiger partial charge on any atom is -0.494 e. The number of nitrogens with one attached hydrogen (secondary N) is 2. The van der Waals surface area contributed by atoms with Crippen LogP contribution in [0.5, 0.6) is 5.75 Å². The fourth-order valence-corrected chi connectivity index (χ4v) is 2.52. The van der Waals surface area contributed by atoms with Gasteiger partial charge < -0.3 is 15.4 Å². The SMILES string of the molecule is CCCCNC(=O)c1ccc(CNCc2cccc(OCC)c2)cc1. The van der Waals surface area contributed by atoms with E-state index in [9.17, 15) is 4.79 Å². The highest BCUT2D eigenvalue weighted by Gasteiger charge is 2.04. The molecule has 0 spiro atoms. The first-order valence-corrected chi connectivity index (χ1v) is 9.02. The van der Waals surface area contributed by atoms with Crippen molar-refractivity contribution in [3.8, 4) is 5.75 Å². The molecule has 4 nitrogen and oxygen atoms in total. The lowest BCUT2D eigenvalue weighted by atomic mass is 10.1. The minimum absolute atomic E-state index is 0.000647. The van der Waals surface area contributed by atoms with Crippen molar-refractivity contribution in [3.63, 3.8) is 0 Å². The van der Waals surface area contributed by atoms with E-state index >= 15 is 0 Å². The maximum Gasteiger partial charge on any atom is 0.251 e. The summed E-state index contributed by atoms with van der Waals surface area (Å²) in [6, 6.07) is 15.9. The Morgan fingerprint density at radius 2 is 1.76 bits per heavy atom. The van der Waals surface area contributed by atoms with Gasteiger partial charge in [0.25, 0.3) is 5.91 Å². The molecule has 134 valence electrons. The molecular formula is C21H28N2O2. The molecule has 0 radical (unpaired) electrons. The summed E-state index contributed by atoms with van der Waals surface area (Å²) >= 11 is 0. The van der Waals surface area contributed by atoms with E-state index in [4.69, 9.17) is 4.74 Å². The van der Waals surface area contributed by atoms with Crippen LogP contribution in [0.25, 0.3) is 0 Å². The summed E-state index contributed by atoms with van der Waals surface area (Å²) in [5.41, 5.74) is 3.06. The number of rotatable bonds is 10. The summed E-state index contributed by atoms with van der Waals surface area (Å²) in [4.78, 5) is 12.0. The highest BCUT2D eigenvalue weighted by Crippen LogP contribution is 2.13. The lowest BCUT2D eigenvalue weighted by Gasteiger charge is -2.09. The van der Waals surface area contributed by atoms with Crippen molar-refractivity contribution in [1.82, 2.24) is 10.6 Å². The number of ether oxygens (including phenoxy) is 1. The van der Waals surface area contributed by atoms with Gasteiger partial charge in [-0.2, -0.15) is 0 Å². The largest absolute Gasteiger partial charge is 0.494 e. The Kier molecular flexibility index (Phi) is 7.99. The Morgan fingerprint density at radius 1 is 1.00 bits per heavy atom. The predicted molar refractivity (Wildman–Crippen MR) is 102 cm³/mol. The fourth-order valence-electron chi connectivity index (χ4n) is 2.52. The third-order valence-electron chi connectivity index (χ3n) is 3.90. The van der Waals surface area contributed by atoms with Crippen molar-refractivity contribution in [3.05, 3.63) is 65.2 Å². The van der Waals surface area contributed by atoms with E-state index in [0.717, 1.165) is 43.8 Å². The summed E-state index contributed by atoms with van der Waals surface area (Å²) in [5, 5.41) is 6.35. The molecule has 0 unspecified atom stereocenters. The molecule has 2 rings (SSSR count). The monoisotopic (exact) mass is 340 g/mol. The Bertz CT molecular complexity index is 653. The van der Waals surface area contributed by atoms with E-state index < -0.39 is 0 Å². The molecule has 2 N–H and O–H groups in total. The van der Waals surface area contributed by atoms with Gasteiger partial charge in [0.1, 0.15) is 5.75 Å². The summed E-state index contributed by atoms with van der Waals surface area (Å²) in [7, 11) is 0. The predicted octanol–water partition coefficient (Wildman–Crippen LogP) is 3.91. The van der Waals surface area contributed by atoms with Crippen LogP contribution < -0.4 is 15.4 Å². The van der Waals surface area contributed by atoms with Gasteiger partial charge in [0, 0.05) is 25.2 Å². The van der Waals surface area contributed by atoms with E-state index in [1.807, 2.05) is 43.3 Å². The third-order valence-corrected chi connectivity index (χ3v) is 3.90. The Morgan fingerprint density at radius 3 is 2.48 bits per heavy atom. The Labute approximate surface area is 150 Å². The fraction of sp³-hybridized carbons (Fsp3) is 0.381. The van der Waals surface area contributed by atoms with Gasteiger partial charge in [-0.05, 0) is 48.7 Å². The van der Waals surface area contributed by atoms with Gasteiger partial charge in [0.2, 0.25) is 0 Å². The van der Waals surface area contributed by atoms with Gasteiger partial charge in [-0.3, -0.25) is 4.79 Å². The molecule has 0 fully saturated rings. The highest BCUT2D eigenvalue weighted by molar-refractivity contribution is 5.94. The second-order valence-corrected chi connectivity index (χ2v) is 5.99. The van der Waals surface area contributed by atoms with Gasteiger partial charge in [0.05, 0.1) is 6.61 Å². The summed E-state index contributed by atoms with van der Waals surface area (Å²) in [6.45, 7) is 7.05. The quantitative estimate of drug-likeness (QED) is 0.645. The molecule has 2 aromatic carbocycles. The van der Waals surface area contributed by atoms with Crippen molar-refractivity contribution in [2.75, 3.05) is 13.2 Å². The molecule has 0 heterocycles. The Hall–Kier alpha value is -2.33. The number of unbranched alkanes of at least 4 members (excludes halogenated alkanes) is 1. The van der Waals surface area contributed by atoms with E-state index in [2.05, 4.69) is 29.7 Å². The number of carbonyl (C=O) groups is 1. The lowest BCUT2D eigenvalue weighted by molar-refractivity contribution is 0.0953. The summed E-state index contributed by atoms with van der Waals surface area (Å²) < 4.78 is 5.52. The molecule has 0 aliphatic heterocycles. The molecule has 0 bridgehead atoms. The maximum atomic E-state index is 12.0. The van der Waals surface area contributed by atoms with Crippen LogP contribution in [0.2, 0.25) is 0 Å². The third kappa shape index (κ3) is 6.59. The zero-order valence-electron chi connectivity index (χ0n) is 15.2. The van der Waals surface area contributed by atoms with Gasteiger partial charge in [-0.1, -0.05) is 37.6 Å². The van der Waals surface area contributed by atoms with E-state index in [1.54, 1.807) is 0 Å². The molecule has 4 heteroatoms. The van der Waals surface area contributed by atoms with Crippen molar-refractivity contribution in [2.45, 2.75) is 39.8 Å². The normalized spacial score (nSPS) is 10.5. The zero-order chi connectivity index (χ0) is 17.9. The van der Waals surface area contributed by atoms with Crippen LogP contribution in [-0.2, 0) is 13.1 Å². The van der Waals surface area contributed by atoms with Gasteiger partial charge in [-0.15, -0.1) is 0 Å². The first kappa shape index (κ1) is 19.0. The van der Waals surface area contributed by atoms with Crippen LogP contribution >= 0.6 is 0 Å². The first-order valence-electron chi connectivity index (χ1n) is 9.02. The van der Waals surface area contributed by atoms with Crippen LogP contribution in [0.1, 0.15) is 48.2 Å². The van der Waals surface area contributed by atoms with Crippen LogP contribution in [0.3, 0.4) is 0 Å².